The zero-order valence-corrected chi connectivity index (χ0v) is 14.1. The quantitative estimate of drug-likeness (QED) is 0.878. The highest BCUT2D eigenvalue weighted by Crippen LogP contribution is 2.35. The van der Waals surface area contributed by atoms with Crippen LogP contribution >= 0.6 is 0 Å². The fourth-order valence-corrected chi connectivity index (χ4v) is 3.84. The number of hydrogen-bond donors (Lipinski definition) is 2. The number of benzene rings is 1. The van der Waals surface area contributed by atoms with Crippen molar-refractivity contribution in [2.45, 2.75) is 32.1 Å². The Bertz CT molecular complexity index is 837. The Hall–Kier alpha value is -1.89. The van der Waals surface area contributed by atoms with Gasteiger partial charge in [0.1, 0.15) is 15.7 Å². The average molecular weight is 335 g/mol. The van der Waals surface area contributed by atoms with Gasteiger partial charge in [-0.2, -0.15) is 0 Å². The topological polar surface area (TPSA) is 91.9 Å². The molecule has 1 aliphatic rings. The van der Waals surface area contributed by atoms with Crippen molar-refractivity contribution in [2.75, 3.05) is 17.3 Å². The van der Waals surface area contributed by atoms with Gasteiger partial charge in [-0.15, -0.1) is 0 Å². The van der Waals surface area contributed by atoms with Crippen molar-refractivity contribution in [1.29, 1.82) is 0 Å². The maximum atomic E-state index is 12.1. The van der Waals surface area contributed by atoms with Gasteiger partial charge in [-0.1, -0.05) is 13.3 Å². The van der Waals surface area contributed by atoms with Gasteiger partial charge in [0, 0.05) is 23.8 Å². The molecule has 2 aromatic rings. The molecule has 7 heteroatoms. The van der Waals surface area contributed by atoms with Crippen LogP contribution in [-0.4, -0.2) is 36.3 Å². The first-order valence-corrected chi connectivity index (χ1v) is 9.86. The molecular formula is C16H21N3O3S. The van der Waals surface area contributed by atoms with Crippen molar-refractivity contribution in [3.05, 3.63) is 24.0 Å². The van der Waals surface area contributed by atoms with E-state index >= 15 is 0 Å². The van der Waals surface area contributed by atoms with E-state index in [1.54, 1.807) is 13.0 Å². The van der Waals surface area contributed by atoms with Gasteiger partial charge in [0.2, 0.25) is 5.91 Å². The number of imidazole rings is 1. The molecule has 0 saturated heterocycles. The number of nitrogens with zero attached hydrogens (tertiary/aromatic N) is 1. The third kappa shape index (κ3) is 3.72. The summed E-state index contributed by atoms with van der Waals surface area (Å²) in [5.74, 6) is 0.494. The van der Waals surface area contributed by atoms with Crippen LogP contribution in [0, 0.1) is 5.92 Å². The lowest BCUT2D eigenvalue weighted by Gasteiger charge is -2.22. The summed E-state index contributed by atoms with van der Waals surface area (Å²) in [5, 5.41) is 2.77. The summed E-state index contributed by atoms with van der Waals surface area (Å²) in [5.41, 5.74) is 2.42. The van der Waals surface area contributed by atoms with Crippen molar-refractivity contribution < 1.29 is 13.2 Å². The largest absolute Gasteiger partial charge is 0.342 e. The summed E-state index contributed by atoms with van der Waals surface area (Å²) in [7, 11) is -3.18. The third-order valence-electron chi connectivity index (χ3n) is 4.26. The van der Waals surface area contributed by atoms with Gasteiger partial charge in [0.25, 0.3) is 0 Å². The van der Waals surface area contributed by atoms with E-state index in [2.05, 4.69) is 15.3 Å². The average Bonchev–Trinajstić information content (AvgIpc) is 2.76. The van der Waals surface area contributed by atoms with Crippen LogP contribution in [0.4, 0.5) is 5.69 Å². The van der Waals surface area contributed by atoms with Crippen molar-refractivity contribution in [3.63, 3.8) is 0 Å². The number of sulfone groups is 1. The standard InChI is InChI=1S/C16H21N3O3S/c1-10(9-23(2,21)22)16(20)17-12-6-7-13-14(8-12)19-15(18-13)11-4-3-5-11/h6-8,10-11H,3-5,9H2,1-2H3,(H,17,20)(H,18,19). The molecule has 1 unspecified atom stereocenters. The van der Waals surface area contributed by atoms with Crippen LogP contribution in [0.2, 0.25) is 0 Å². The molecular weight excluding hydrogens is 314 g/mol. The van der Waals surface area contributed by atoms with E-state index in [9.17, 15) is 13.2 Å². The van der Waals surface area contributed by atoms with E-state index in [4.69, 9.17) is 0 Å². The van der Waals surface area contributed by atoms with Crippen LogP contribution in [0.25, 0.3) is 11.0 Å². The van der Waals surface area contributed by atoms with E-state index < -0.39 is 15.8 Å². The molecule has 6 nitrogen and oxygen atoms in total. The fourth-order valence-electron chi connectivity index (χ4n) is 2.78. The van der Waals surface area contributed by atoms with E-state index in [1.165, 1.54) is 19.3 Å². The number of amides is 1. The molecule has 1 aliphatic carbocycles. The summed E-state index contributed by atoms with van der Waals surface area (Å²) >= 11 is 0. The first kappa shape index (κ1) is 16.0. The molecule has 1 fully saturated rings. The van der Waals surface area contributed by atoms with E-state index in [-0.39, 0.29) is 11.7 Å². The summed E-state index contributed by atoms with van der Waals surface area (Å²) in [6.07, 6.45) is 4.73. The predicted octanol–water partition coefficient (Wildman–Crippen LogP) is 2.45. The Morgan fingerprint density at radius 1 is 1.43 bits per heavy atom. The first-order valence-electron chi connectivity index (χ1n) is 7.80. The Morgan fingerprint density at radius 3 is 2.78 bits per heavy atom. The summed E-state index contributed by atoms with van der Waals surface area (Å²) < 4.78 is 22.6. The monoisotopic (exact) mass is 335 g/mol. The van der Waals surface area contributed by atoms with E-state index in [0.717, 1.165) is 23.1 Å². The molecule has 3 rings (SSSR count). The summed E-state index contributed by atoms with van der Waals surface area (Å²) in [6.45, 7) is 1.61. The second kappa shape index (κ2) is 5.96. The van der Waals surface area contributed by atoms with Crippen LogP contribution in [0.15, 0.2) is 18.2 Å². The van der Waals surface area contributed by atoms with Crippen LogP contribution in [-0.2, 0) is 14.6 Å². The minimum absolute atomic E-state index is 0.156. The number of fused-ring (bicyclic) bond motifs is 1. The van der Waals surface area contributed by atoms with Gasteiger partial charge in [-0.25, -0.2) is 13.4 Å². The lowest BCUT2D eigenvalue weighted by Crippen LogP contribution is -2.26. The van der Waals surface area contributed by atoms with Gasteiger partial charge in [0.15, 0.2) is 0 Å². The second-order valence-electron chi connectivity index (χ2n) is 6.46. The Balaban J connectivity index is 1.73. The van der Waals surface area contributed by atoms with Crippen LogP contribution in [0.3, 0.4) is 0 Å². The van der Waals surface area contributed by atoms with Crippen molar-refractivity contribution in [1.82, 2.24) is 9.97 Å². The van der Waals surface area contributed by atoms with Gasteiger partial charge in [0.05, 0.1) is 16.8 Å². The number of carbonyl (C=O) groups is 1. The molecule has 1 amide bonds. The Morgan fingerprint density at radius 2 is 2.17 bits per heavy atom. The molecule has 0 spiro atoms. The van der Waals surface area contributed by atoms with Crippen LogP contribution in [0.1, 0.15) is 37.9 Å². The van der Waals surface area contributed by atoms with Gasteiger partial charge in [-0.05, 0) is 31.0 Å². The lowest BCUT2D eigenvalue weighted by atomic mass is 9.85. The zero-order chi connectivity index (χ0) is 16.6. The Labute approximate surface area is 135 Å². The first-order chi connectivity index (χ1) is 10.8. The van der Waals surface area contributed by atoms with Crippen LogP contribution in [0.5, 0.6) is 0 Å². The highest BCUT2D eigenvalue weighted by molar-refractivity contribution is 7.90. The number of hydrogen-bond acceptors (Lipinski definition) is 4. The maximum absolute atomic E-state index is 12.1. The minimum Gasteiger partial charge on any atom is -0.342 e. The highest BCUT2D eigenvalue weighted by atomic mass is 32.2. The van der Waals surface area contributed by atoms with E-state index in [0.29, 0.717) is 11.6 Å². The summed E-state index contributed by atoms with van der Waals surface area (Å²) in [4.78, 5) is 20.0. The van der Waals surface area contributed by atoms with Gasteiger partial charge < -0.3 is 10.3 Å². The number of H-pyrrole nitrogens is 1. The number of carbonyl (C=O) groups excluding carboxylic acids is 1. The number of anilines is 1. The number of rotatable bonds is 5. The van der Waals surface area contributed by atoms with Gasteiger partial charge in [-0.3, -0.25) is 4.79 Å². The Kier molecular flexibility index (Phi) is 4.14. The molecule has 0 aliphatic heterocycles. The van der Waals surface area contributed by atoms with Crippen molar-refractivity contribution in [2.24, 2.45) is 5.92 Å². The zero-order valence-electron chi connectivity index (χ0n) is 13.3. The maximum Gasteiger partial charge on any atom is 0.228 e. The highest BCUT2D eigenvalue weighted by Gasteiger charge is 2.23. The molecule has 0 bridgehead atoms. The van der Waals surface area contributed by atoms with Crippen LogP contribution < -0.4 is 5.32 Å². The molecule has 1 aromatic carbocycles. The number of aromatic nitrogens is 2. The minimum atomic E-state index is -3.18. The molecule has 0 radical (unpaired) electrons. The molecule has 2 N–H and O–H groups in total. The molecule has 1 aromatic heterocycles. The molecule has 1 heterocycles. The second-order valence-corrected chi connectivity index (χ2v) is 8.65. The number of aromatic amines is 1. The molecule has 1 saturated carbocycles. The van der Waals surface area contributed by atoms with Crippen molar-refractivity contribution in [3.8, 4) is 0 Å². The molecule has 1 atom stereocenters. The summed E-state index contributed by atoms with van der Waals surface area (Å²) in [6, 6.07) is 5.50. The lowest BCUT2D eigenvalue weighted by molar-refractivity contribution is -0.118. The smallest absolute Gasteiger partial charge is 0.228 e. The fraction of sp³-hybridized carbons (Fsp3) is 0.500. The van der Waals surface area contributed by atoms with Gasteiger partial charge >= 0.3 is 0 Å². The SMILES string of the molecule is CC(CS(C)(=O)=O)C(=O)Nc1ccc2nc(C3CCC3)[nH]c2c1. The van der Waals surface area contributed by atoms with Crippen molar-refractivity contribution >= 4 is 32.5 Å². The predicted molar refractivity (Wildman–Crippen MR) is 90.2 cm³/mol. The normalized spacial score (nSPS) is 17.0. The molecule has 23 heavy (non-hydrogen) atoms. The van der Waals surface area contributed by atoms with E-state index in [1.807, 2.05) is 12.1 Å². The number of nitrogens with one attached hydrogen (secondary N) is 2. The molecule has 124 valence electrons. The third-order valence-corrected chi connectivity index (χ3v) is 5.37.